The number of ether oxygens (including phenoxy) is 2. The van der Waals surface area contributed by atoms with Crippen LogP contribution in [0.4, 0.5) is 11.8 Å². The molecule has 0 radical (unpaired) electrons. The van der Waals surface area contributed by atoms with Crippen molar-refractivity contribution in [1.29, 1.82) is 0 Å². The molecule has 1 aliphatic heterocycles. The first-order valence-corrected chi connectivity index (χ1v) is 15.4. The first kappa shape index (κ1) is 29.2. The molecule has 222 valence electrons. The summed E-state index contributed by atoms with van der Waals surface area (Å²) in [5.74, 6) is 0.520. The Bertz CT molecular complexity index is 1430. The molecule has 2 aliphatic rings. The molecule has 3 aromatic rings. The van der Waals surface area contributed by atoms with Crippen LogP contribution in [0.1, 0.15) is 60.1 Å². The third kappa shape index (κ3) is 6.98. The van der Waals surface area contributed by atoms with E-state index in [-0.39, 0.29) is 24.1 Å². The smallest absolute Gasteiger partial charge is 0.459 e. The first-order chi connectivity index (χ1) is 19.4. The second kappa shape index (κ2) is 11.6. The number of carbonyl (C=O) groups excluding carboxylic acids is 1. The standard InChI is InChI=1S/C27H38N7O6P/c1-16(2)38-24(35)17(3)33-41(36,40-19-9-7-6-8-10-19)37-14-20-13-27(4,5)25(39-20)34-15-29-21-22(30-18-11-12-18)31-26(28)32-23(21)34/h6-10,15-18,20,25H,11-14H2,1-5H3,(H,33,36)(H3,28,30,31,32)/t17-,20+,25-,41+/m1/s1. The van der Waals surface area contributed by atoms with Gasteiger partial charge in [-0.15, -0.1) is 0 Å². The Morgan fingerprint density at radius 3 is 2.63 bits per heavy atom. The van der Waals surface area contributed by atoms with Gasteiger partial charge in [0.1, 0.15) is 18.0 Å². The zero-order valence-corrected chi connectivity index (χ0v) is 24.8. The third-order valence-electron chi connectivity index (χ3n) is 6.81. The summed E-state index contributed by atoms with van der Waals surface area (Å²) in [4.78, 5) is 25.8. The maximum atomic E-state index is 13.9. The van der Waals surface area contributed by atoms with Gasteiger partial charge in [0.25, 0.3) is 0 Å². The van der Waals surface area contributed by atoms with Crippen molar-refractivity contribution in [3.05, 3.63) is 36.7 Å². The number of para-hydroxylation sites is 1. The maximum absolute atomic E-state index is 13.9. The number of nitrogen functional groups attached to an aromatic ring is 1. The molecule has 0 amide bonds. The third-order valence-corrected chi connectivity index (χ3v) is 8.45. The lowest BCUT2D eigenvalue weighted by atomic mass is 9.87. The molecule has 1 saturated carbocycles. The van der Waals surface area contributed by atoms with Crippen molar-refractivity contribution >= 4 is 36.6 Å². The van der Waals surface area contributed by atoms with E-state index in [9.17, 15) is 9.36 Å². The van der Waals surface area contributed by atoms with Crippen LogP contribution in [0.5, 0.6) is 5.75 Å². The fraction of sp³-hybridized carbons (Fsp3) is 0.556. The van der Waals surface area contributed by atoms with Gasteiger partial charge < -0.3 is 25.0 Å². The van der Waals surface area contributed by atoms with Gasteiger partial charge in [0.2, 0.25) is 5.95 Å². The van der Waals surface area contributed by atoms with E-state index in [0.29, 0.717) is 35.2 Å². The number of imidazole rings is 1. The second-order valence-electron chi connectivity index (χ2n) is 11.5. The number of nitrogens with two attached hydrogens (primary N) is 1. The van der Waals surface area contributed by atoms with E-state index < -0.39 is 32.1 Å². The molecule has 1 saturated heterocycles. The van der Waals surface area contributed by atoms with Crippen molar-refractivity contribution in [3.8, 4) is 5.75 Å². The summed E-state index contributed by atoms with van der Waals surface area (Å²) in [5, 5.41) is 6.09. The molecule has 14 heteroatoms. The highest BCUT2D eigenvalue weighted by Gasteiger charge is 2.45. The summed E-state index contributed by atoms with van der Waals surface area (Å²) in [6.45, 7) is 9.11. The van der Waals surface area contributed by atoms with Gasteiger partial charge >= 0.3 is 13.7 Å². The number of fused-ring (bicyclic) bond motifs is 1. The minimum absolute atomic E-state index is 0.0543. The van der Waals surface area contributed by atoms with Gasteiger partial charge in [0.05, 0.1) is 25.1 Å². The van der Waals surface area contributed by atoms with Crippen LogP contribution >= 0.6 is 7.75 Å². The quantitative estimate of drug-likeness (QED) is 0.202. The van der Waals surface area contributed by atoms with Crippen molar-refractivity contribution in [2.24, 2.45) is 5.41 Å². The van der Waals surface area contributed by atoms with Crippen LogP contribution in [0.15, 0.2) is 36.7 Å². The Balaban J connectivity index is 1.32. The molecule has 4 atom stereocenters. The van der Waals surface area contributed by atoms with Crippen LogP contribution in [0.25, 0.3) is 11.2 Å². The lowest BCUT2D eigenvalue weighted by molar-refractivity contribution is -0.149. The number of esters is 1. The summed E-state index contributed by atoms with van der Waals surface area (Å²) in [6, 6.07) is 8.06. The molecule has 3 heterocycles. The molecule has 1 aromatic carbocycles. The number of nitrogens with one attached hydrogen (secondary N) is 2. The van der Waals surface area contributed by atoms with Gasteiger partial charge in [-0.2, -0.15) is 15.1 Å². The van der Waals surface area contributed by atoms with Gasteiger partial charge in [0, 0.05) is 11.5 Å². The van der Waals surface area contributed by atoms with Crippen molar-refractivity contribution in [2.75, 3.05) is 17.7 Å². The van der Waals surface area contributed by atoms with Crippen LogP contribution in [0.2, 0.25) is 0 Å². The summed E-state index contributed by atoms with van der Waals surface area (Å²) in [5.41, 5.74) is 6.87. The molecule has 4 N–H and O–H groups in total. The molecular weight excluding hydrogens is 549 g/mol. The molecule has 2 fully saturated rings. The molecule has 13 nitrogen and oxygen atoms in total. The second-order valence-corrected chi connectivity index (χ2v) is 13.2. The molecule has 5 rings (SSSR count). The molecular formula is C27H38N7O6P. The Hall–Kier alpha value is -3.25. The highest BCUT2D eigenvalue weighted by Crippen LogP contribution is 2.49. The Labute approximate surface area is 239 Å². The van der Waals surface area contributed by atoms with E-state index in [2.05, 4.69) is 39.2 Å². The summed E-state index contributed by atoms with van der Waals surface area (Å²) >= 11 is 0. The van der Waals surface area contributed by atoms with Crippen molar-refractivity contribution in [3.63, 3.8) is 0 Å². The van der Waals surface area contributed by atoms with Gasteiger partial charge in [0.15, 0.2) is 17.0 Å². The largest absolute Gasteiger partial charge is 0.462 e. The Kier molecular flexibility index (Phi) is 8.24. The average molecular weight is 588 g/mol. The average Bonchev–Trinajstić information content (AvgIpc) is 3.53. The number of hydrogen-bond acceptors (Lipinski definition) is 11. The lowest BCUT2D eigenvalue weighted by Crippen LogP contribution is -2.36. The highest BCUT2D eigenvalue weighted by molar-refractivity contribution is 7.52. The molecule has 0 bridgehead atoms. The maximum Gasteiger partial charge on any atom is 0.459 e. The normalized spacial score (nSPS) is 22.4. The van der Waals surface area contributed by atoms with E-state index in [1.807, 2.05) is 10.6 Å². The summed E-state index contributed by atoms with van der Waals surface area (Å²) in [7, 11) is -4.02. The van der Waals surface area contributed by atoms with Gasteiger partial charge in [-0.25, -0.2) is 9.55 Å². The number of carbonyl (C=O) groups is 1. The number of aromatic nitrogens is 4. The van der Waals surface area contributed by atoms with E-state index in [1.54, 1.807) is 51.4 Å². The molecule has 0 spiro atoms. The van der Waals surface area contributed by atoms with Crippen molar-refractivity contribution in [1.82, 2.24) is 24.6 Å². The first-order valence-electron chi connectivity index (χ1n) is 13.8. The number of benzene rings is 1. The number of hydrogen-bond donors (Lipinski definition) is 3. The van der Waals surface area contributed by atoms with Crippen molar-refractivity contribution in [2.45, 2.75) is 84.4 Å². The van der Waals surface area contributed by atoms with E-state index in [0.717, 1.165) is 12.8 Å². The Morgan fingerprint density at radius 1 is 1.22 bits per heavy atom. The van der Waals surface area contributed by atoms with Gasteiger partial charge in [-0.05, 0) is 52.2 Å². The van der Waals surface area contributed by atoms with Crippen LogP contribution in [0.3, 0.4) is 0 Å². The zero-order valence-electron chi connectivity index (χ0n) is 23.9. The zero-order chi connectivity index (χ0) is 29.4. The summed E-state index contributed by atoms with van der Waals surface area (Å²) in [6.07, 6.45) is 3.21. The molecule has 1 aliphatic carbocycles. The molecule has 41 heavy (non-hydrogen) atoms. The minimum atomic E-state index is -4.02. The fourth-order valence-electron chi connectivity index (χ4n) is 4.78. The number of anilines is 2. The van der Waals surface area contributed by atoms with Crippen LogP contribution < -0.4 is 20.7 Å². The number of rotatable bonds is 12. The van der Waals surface area contributed by atoms with Crippen molar-refractivity contribution < 1.29 is 27.9 Å². The van der Waals surface area contributed by atoms with E-state index >= 15 is 0 Å². The lowest BCUT2D eigenvalue weighted by Gasteiger charge is -2.26. The van der Waals surface area contributed by atoms with Crippen LogP contribution in [-0.2, 0) is 23.4 Å². The fourth-order valence-corrected chi connectivity index (χ4v) is 6.31. The predicted octanol–water partition coefficient (Wildman–Crippen LogP) is 4.43. The van der Waals surface area contributed by atoms with Crippen LogP contribution in [-0.4, -0.2) is 56.4 Å². The van der Waals surface area contributed by atoms with E-state index in [1.165, 1.54) is 0 Å². The van der Waals surface area contributed by atoms with Gasteiger partial charge in [-0.3, -0.25) is 13.9 Å². The molecule has 2 aromatic heterocycles. The van der Waals surface area contributed by atoms with Crippen LogP contribution in [0, 0.1) is 5.41 Å². The minimum Gasteiger partial charge on any atom is -0.462 e. The van der Waals surface area contributed by atoms with E-state index in [4.69, 9.17) is 24.3 Å². The highest BCUT2D eigenvalue weighted by atomic mass is 31.2. The number of nitrogens with zero attached hydrogens (tertiary/aromatic N) is 4. The topological polar surface area (TPSA) is 165 Å². The predicted molar refractivity (Wildman–Crippen MR) is 153 cm³/mol. The SMILES string of the molecule is CC(C)OC(=O)[C@@H](C)N[P@](=O)(OC[C@@H]1CC(C)(C)[C@H](n2cnc3c(NC4CC4)nc(N)nc32)O1)Oc1ccccc1. The summed E-state index contributed by atoms with van der Waals surface area (Å²) < 4.78 is 39.1. The monoisotopic (exact) mass is 587 g/mol. The molecule has 0 unspecified atom stereocenters. The van der Waals surface area contributed by atoms with Gasteiger partial charge in [-0.1, -0.05) is 32.0 Å². The Morgan fingerprint density at radius 2 is 1.95 bits per heavy atom.